The van der Waals surface area contributed by atoms with Crippen molar-refractivity contribution in [2.75, 3.05) is 24.1 Å². The van der Waals surface area contributed by atoms with Crippen molar-refractivity contribution in [1.82, 2.24) is 5.32 Å². The van der Waals surface area contributed by atoms with Crippen molar-refractivity contribution in [1.29, 1.82) is 0 Å². The summed E-state index contributed by atoms with van der Waals surface area (Å²) in [7, 11) is -1.89. The first kappa shape index (κ1) is 14.9. The number of nitro groups is 1. The molecule has 7 nitrogen and oxygen atoms in total. The molecule has 9 heteroatoms. The summed E-state index contributed by atoms with van der Waals surface area (Å²) >= 11 is 3.14. The first-order valence-corrected chi connectivity index (χ1v) is 7.39. The number of benzene rings is 1. The Balaban J connectivity index is 2.96. The summed E-state index contributed by atoms with van der Waals surface area (Å²) < 4.78 is 26.0. The first-order chi connectivity index (χ1) is 8.35. The van der Waals surface area contributed by atoms with E-state index in [9.17, 15) is 18.5 Å². The van der Waals surface area contributed by atoms with Crippen molar-refractivity contribution < 1.29 is 13.3 Å². The molecular weight excluding hydrogens is 326 g/mol. The fourth-order valence-electron chi connectivity index (χ4n) is 1.16. The third-order valence-electron chi connectivity index (χ3n) is 2.05. The molecule has 0 bridgehead atoms. The van der Waals surface area contributed by atoms with Gasteiger partial charge in [-0.2, -0.15) is 0 Å². The van der Waals surface area contributed by atoms with Crippen LogP contribution in [-0.4, -0.2) is 32.7 Å². The summed E-state index contributed by atoms with van der Waals surface area (Å²) in [4.78, 5) is 10.0. The Morgan fingerprint density at radius 3 is 2.67 bits per heavy atom. The number of halogens is 1. The molecule has 0 fully saturated rings. The van der Waals surface area contributed by atoms with E-state index in [-0.39, 0.29) is 17.1 Å². The maximum atomic E-state index is 11.7. The number of hydrogen-bond donors (Lipinski definition) is 2. The van der Waals surface area contributed by atoms with E-state index in [2.05, 4.69) is 26.0 Å². The molecule has 0 aromatic heterocycles. The molecule has 0 radical (unpaired) electrons. The Hall–Kier alpha value is -1.19. The zero-order valence-corrected chi connectivity index (χ0v) is 11.9. The first-order valence-electron chi connectivity index (χ1n) is 4.95. The summed E-state index contributed by atoms with van der Waals surface area (Å²) in [6.07, 6.45) is 0. The van der Waals surface area contributed by atoms with Gasteiger partial charge in [0, 0.05) is 23.2 Å². The third-order valence-corrected chi connectivity index (χ3v) is 4.01. The molecule has 0 saturated carbocycles. The van der Waals surface area contributed by atoms with Gasteiger partial charge in [-0.05, 0) is 29.0 Å². The van der Waals surface area contributed by atoms with Crippen molar-refractivity contribution in [2.45, 2.75) is 0 Å². The lowest BCUT2D eigenvalue weighted by Crippen LogP contribution is -2.24. The number of nitrogens with zero attached hydrogens (tertiary/aromatic N) is 1. The number of rotatable bonds is 6. The van der Waals surface area contributed by atoms with Crippen LogP contribution in [0.2, 0.25) is 0 Å². The molecule has 1 rings (SSSR count). The fourth-order valence-corrected chi connectivity index (χ4v) is 2.72. The van der Waals surface area contributed by atoms with Gasteiger partial charge in [-0.1, -0.05) is 0 Å². The lowest BCUT2D eigenvalue weighted by atomic mass is 10.3. The second-order valence-electron chi connectivity index (χ2n) is 3.45. The molecule has 0 aliphatic carbocycles. The van der Waals surface area contributed by atoms with Crippen LogP contribution in [0.3, 0.4) is 0 Å². The highest BCUT2D eigenvalue weighted by Gasteiger charge is 2.15. The summed E-state index contributed by atoms with van der Waals surface area (Å²) in [5.41, 5.74) is -0.0233. The largest absolute Gasteiger partial charge is 0.319 e. The van der Waals surface area contributed by atoms with Gasteiger partial charge < -0.3 is 5.32 Å². The summed E-state index contributed by atoms with van der Waals surface area (Å²) in [5, 5.41) is 13.3. The van der Waals surface area contributed by atoms with Crippen LogP contribution in [0.4, 0.5) is 11.4 Å². The smallest absolute Gasteiger partial charge is 0.271 e. The van der Waals surface area contributed by atoms with Crippen molar-refractivity contribution in [3.63, 3.8) is 0 Å². The van der Waals surface area contributed by atoms with E-state index < -0.39 is 14.9 Å². The summed E-state index contributed by atoms with van der Waals surface area (Å²) in [5.74, 6) is -0.112. The van der Waals surface area contributed by atoms with Gasteiger partial charge in [-0.15, -0.1) is 0 Å². The minimum atomic E-state index is -3.53. The zero-order chi connectivity index (χ0) is 13.8. The number of non-ortho nitro benzene ring substituents is 1. The molecule has 0 heterocycles. The van der Waals surface area contributed by atoms with E-state index in [1.807, 2.05) is 0 Å². The molecular formula is C9H12BrN3O4S. The quantitative estimate of drug-likeness (QED) is 0.602. The van der Waals surface area contributed by atoms with Gasteiger partial charge in [-0.3, -0.25) is 14.8 Å². The number of anilines is 1. The van der Waals surface area contributed by atoms with Gasteiger partial charge in [0.05, 0.1) is 16.4 Å². The summed E-state index contributed by atoms with van der Waals surface area (Å²) in [6, 6.07) is 3.88. The van der Waals surface area contributed by atoms with Crippen LogP contribution in [0.15, 0.2) is 22.7 Å². The SMILES string of the molecule is CNCCS(=O)(=O)Nc1cc([N+](=O)[O-])ccc1Br. The van der Waals surface area contributed by atoms with Crippen LogP contribution in [0, 0.1) is 10.1 Å². The number of nitro benzene ring substituents is 1. The Kier molecular flexibility index (Phi) is 5.05. The minimum Gasteiger partial charge on any atom is -0.319 e. The van der Waals surface area contributed by atoms with E-state index >= 15 is 0 Å². The maximum Gasteiger partial charge on any atom is 0.271 e. The van der Waals surface area contributed by atoms with Gasteiger partial charge in [0.15, 0.2) is 0 Å². The number of nitrogens with one attached hydrogen (secondary N) is 2. The van der Waals surface area contributed by atoms with E-state index in [4.69, 9.17) is 0 Å². The average molecular weight is 338 g/mol. The molecule has 100 valence electrons. The highest BCUT2D eigenvalue weighted by atomic mass is 79.9. The number of hydrogen-bond acceptors (Lipinski definition) is 5. The van der Waals surface area contributed by atoms with Crippen molar-refractivity contribution in [3.8, 4) is 0 Å². The van der Waals surface area contributed by atoms with Crippen LogP contribution in [-0.2, 0) is 10.0 Å². The van der Waals surface area contributed by atoms with Gasteiger partial charge in [0.25, 0.3) is 5.69 Å². The molecule has 1 aromatic rings. The predicted octanol–water partition coefficient (Wildman–Crippen LogP) is 1.32. The molecule has 2 N–H and O–H groups in total. The zero-order valence-electron chi connectivity index (χ0n) is 9.51. The van der Waals surface area contributed by atoms with Crippen molar-refractivity contribution in [2.24, 2.45) is 0 Å². The van der Waals surface area contributed by atoms with Gasteiger partial charge in [0.2, 0.25) is 10.0 Å². The predicted molar refractivity (Wildman–Crippen MR) is 72.1 cm³/mol. The van der Waals surface area contributed by atoms with E-state index in [0.717, 1.165) is 0 Å². The molecule has 0 atom stereocenters. The molecule has 0 amide bonds. The molecule has 0 aliphatic rings. The molecule has 0 aliphatic heterocycles. The molecule has 0 saturated heterocycles. The topological polar surface area (TPSA) is 101 Å². The van der Waals surface area contributed by atoms with Crippen molar-refractivity contribution >= 4 is 37.3 Å². The highest BCUT2D eigenvalue weighted by Crippen LogP contribution is 2.27. The Labute approximate surface area is 113 Å². The van der Waals surface area contributed by atoms with Crippen LogP contribution in [0.1, 0.15) is 0 Å². The van der Waals surface area contributed by atoms with Crippen LogP contribution in [0.25, 0.3) is 0 Å². The monoisotopic (exact) mass is 337 g/mol. The average Bonchev–Trinajstić information content (AvgIpc) is 2.29. The van der Waals surface area contributed by atoms with E-state index in [1.54, 1.807) is 7.05 Å². The third kappa shape index (κ3) is 4.24. The van der Waals surface area contributed by atoms with E-state index in [1.165, 1.54) is 18.2 Å². The highest BCUT2D eigenvalue weighted by molar-refractivity contribution is 9.10. The van der Waals surface area contributed by atoms with Gasteiger partial charge in [-0.25, -0.2) is 8.42 Å². The van der Waals surface area contributed by atoms with Crippen LogP contribution < -0.4 is 10.0 Å². The lowest BCUT2D eigenvalue weighted by molar-refractivity contribution is -0.384. The summed E-state index contributed by atoms with van der Waals surface area (Å²) in [6.45, 7) is 0.294. The maximum absolute atomic E-state index is 11.7. The second-order valence-corrected chi connectivity index (χ2v) is 6.14. The van der Waals surface area contributed by atoms with Crippen molar-refractivity contribution in [3.05, 3.63) is 32.8 Å². The standard InChI is InChI=1S/C9H12BrN3O4S/c1-11-4-5-18(16,17)12-9-6-7(13(14)15)2-3-8(9)10/h2-3,6,11-12H,4-5H2,1H3. The fraction of sp³-hybridized carbons (Fsp3) is 0.333. The van der Waals surface area contributed by atoms with Crippen LogP contribution in [0.5, 0.6) is 0 Å². The van der Waals surface area contributed by atoms with Crippen LogP contribution >= 0.6 is 15.9 Å². The molecule has 0 unspecified atom stereocenters. The Bertz CT molecular complexity index is 547. The van der Waals surface area contributed by atoms with Gasteiger partial charge >= 0.3 is 0 Å². The lowest BCUT2D eigenvalue weighted by Gasteiger charge is -2.09. The minimum absolute atomic E-state index is 0.112. The molecule has 18 heavy (non-hydrogen) atoms. The normalized spacial score (nSPS) is 11.2. The molecule has 1 aromatic carbocycles. The van der Waals surface area contributed by atoms with E-state index in [0.29, 0.717) is 11.0 Å². The second kappa shape index (κ2) is 6.12. The Morgan fingerprint density at radius 1 is 1.44 bits per heavy atom. The Morgan fingerprint density at radius 2 is 2.11 bits per heavy atom. The molecule has 0 spiro atoms. The number of sulfonamides is 1. The van der Waals surface area contributed by atoms with Gasteiger partial charge in [0.1, 0.15) is 0 Å².